The third kappa shape index (κ3) is 4.46. The van der Waals surface area contributed by atoms with Crippen LogP contribution in [0.5, 0.6) is 0 Å². The van der Waals surface area contributed by atoms with Crippen LogP contribution in [0.4, 0.5) is 27.4 Å². The van der Waals surface area contributed by atoms with Gasteiger partial charge in [-0.3, -0.25) is 4.79 Å². The number of morpholine rings is 1. The maximum absolute atomic E-state index is 14.8. The van der Waals surface area contributed by atoms with Crippen molar-refractivity contribution in [1.82, 2.24) is 15.0 Å². The van der Waals surface area contributed by atoms with Crippen LogP contribution >= 0.6 is 0 Å². The molecule has 3 N–H and O–H groups in total. The van der Waals surface area contributed by atoms with Crippen LogP contribution in [-0.4, -0.2) is 47.2 Å². The van der Waals surface area contributed by atoms with Gasteiger partial charge in [0.25, 0.3) is 0 Å². The lowest BCUT2D eigenvalue weighted by atomic mass is 10.1. The van der Waals surface area contributed by atoms with E-state index in [2.05, 4.69) is 37.1 Å². The molecule has 1 aliphatic rings. The standard InChI is InChI=1S/C25H23FN6O2/c1-2-23(33)29-17-5-3-4-16(12-17)19-14-27-22-15-28-25(31-24(19)22)30-21-7-6-18(13-20(21)26)32-8-10-34-11-9-32/h2-7,12-15,27H,1,8-11H2,(H,29,33)(H,28,30,31). The summed E-state index contributed by atoms with van der Waals surface area (Å²) in [5, 5.41) is 5.74. The zero-order valence-corrected chi connectivity index (χ0v) is 18.3. The van der Waals surface area contributed by atoms with Gasteiger partial charge in [0.1, 0.15) is 11.3 Å². The second kappa shape index (κ2) is 9.32. The quantitative estimate of drug-likeness (QED) is 0.369. The molecule has 2 aromatic heterocycles. The second-order valence-corrected chi connectivity index (χ2v) is 7.82. The van der Waals surface area contributed by atoms with Crippen molar-refractivity contribution in [3.8, 4) is 11.1 Å². The molecule has 0 aliphatic carbocycles. The van der Waals surface area contributed by atoms with E-state index in [-0.39, 0.29) is 17.7 Å². The molecule has 0 radical (unpaired) electrons. The fourth-order valence-corrected chi connectivity index (χ4v) is 3.89. The highest BCUT2D eigenvalue weighted by Crippen LogP contribution is 2.30. The number of carbonyl (C=O) groups excluding carboxylic acids is 1. The van der Waals surface area contributed by atoms with Crippen LogP contribution in [0.25, 0.3) is 22.2 Å². The number of amides is 1. The summed E-state index contributed by atoms with van der Waals surface area (Å²) in [5.41, 5.74) is 4.87. The summed E-state index contributed by atoms with van der Waals surface area (Å²) in [6.45, 7) is 6.22. The van der Waals surface area contributed by atoms with Crippen LogP contribution < -0.4 is 15.5 Å². The van der Waals surface area contributed by atoms with Gasteiger partial charge in [-0.1, -0.05) is 18.7 Å². The van der Waals surface area contributed by atoms with Crippen molar-refractivity contribution in [3.05, 3.63) is 73.3 Å². The molecule has 0 atom stereocenters. The van der Waals surface area contributed by atoms with Crippen LogP contribution in [0.1, 0.15) is 0 Å². The summed E-state index contributed by atoms with van der Waals surface area (Å²) >= 11 is 0. The van der Waals surface area contributed by atoms with Crippen molar-refractivity contribution < 1.29 is 13.9 Å². The first-order chi connectivity index (χ1) is 16.6. The molecular weight excluding hydrogens is 435 g/mol. The van der Waals surface area contributed by atoms with E-state index in [9.17, 15) is 9.18 Å². The molecule has 4 aromatic rings. The number of nitrogens with zero attached hydrogens (tertiary/aromatic N) is 3. The first-order valence-electron chi connectivity index (χ1n) is 10.9. The number of benzene rings is 2. The Morgan fingerprint density at radius 2 is 2.06 bits per heavy atom. The molecule has 3 heterocycles. The monoisotopic (exact) mass is 458 g/mol. The first-order valence-corrected chi connectivity index (χ1v) is 10.9. The Kier molecular flexibility index (Phi) is 5.92. The zero-order valence-electron chi connectivity index (χ0n) is 18.3. The molecule has 1 amide bonds. The van der Waals surface area contributed by atoms with E-state index in [1.54, 1.807) is 18.3 Å². The van der Waals surface area contributed by atoms with Crippen LogP contribution in [0, 0.1) is 5.82 Å². The Labute approximate surface area is 195 Å². The highest BCUT2D eigenvalue weighted by Gasteiger charge is 2.15. The van der Waals surface area contributed by atoms with Gasteiger partial charge in [-0.25, -0.2) is 14.4 Å². The van der Waals surface area contributed by atoms with Crippen molar-refractivity contribution in [1.29, 1.82) is 0 Å². The summed E-state index contributed by atoms with van der Waals surface area (Å²) in [6, 6.07) is 12.5. The van der Waals surface area contributed by atoms with E-state index >= 15 is 0 Å². The Balaban J connectivity index is 1.41. The highest BCUT2D eigenvalue weighted by molar-refractivity contribution is 6.00. The normalized spacial score (nSPS) is 13.6. The van der Waals surface area contributed by atoms with Gasteiger partial charge in [-0.05, 0) is 42.0 Å². The van der Waals surface area contributed by atoms with Crippen molar-refractivity contribution in [2.24, 2.45) is 0 Å². The Morgan fingerprint density at radius 3 is 2.85 bits per heavy atom. The average molecular weight is 458 g/mol. The molecule has 0 spiro atoms. The molecule has 9 heteroatoms. The number of halogens is 1. The van der Waals surface area contributed by atoms with Gasteiger partial charge in [0.2, 0.25) is 11.9 Å². The van der Waals surface area contributed by atoms with Gasteiger partial charge >= 0.3 is 0 Å². The van der Waals surface area contributed by atoms with Gasteiger partial charge in [-0.15, -0.1) is 0 Å². The van der Waals surface area contributed by atoms with Crippen molar-refractivity contribution in [2.45, 2.75) is 0 Å². The topological polar surface area (TPSA) is 95.2 Å². The minimum atomic E-state index is -0.382. The predicted molar refractivity (Wildman–Crippen MR) is 131 cm³/mol. The van der Waals surface area contributed by atoms with Crippen LogP contribution in [0.2, 0.25) is 0 Å². The number of hydrogen-bond acceptors (Lipinski definition) is 6. The molecule has 34 heavy (non-hydrogen) atoms. The van der Waals surface area contributed by atoms with Gasteiger partial charge in [-0.2, -0.15) is 0 Å². The smallest absolute Gasteiger partial charge is 0.247 e. The number of anilines is 4. The molecule has 0 unspecified atom stereocenters. The molecule has 0 bridgehead atoms. The van der Waals surface area contributed by atoms with E-state index in [0.717, 1.165) is 35.4 Å². The third-order valence-electron chi connectivity index (χ3n) is 5.62. The maximum atomic E-state index is 14.8. The molecule has 8 nitrogen and oxygen atoms in total. The van der Waals surface area contributed by atoms with Crippen molar-refractivity contribution >= 4 is 40.0 Å². The maximum Gasteiger partial charge on any atom is 0.247 e. The minimum Gasteiger partial charge on any atom is -0.378 e. The number of nitrogens with one attached hydrogen (secondary N) is 3. The van der Waals surface area contributed by atoms with E-state index in [0.29, 0.717) is 30.1 Å². The second-order valence-electron chi connectivity index (χ2n) is 7.82. The van der Waals surface area contributed by atoms with Crippen LogP contribution in [0.15, 0.2) is 67.5 Å². The van der Waals surface area contributed by atoms with Crippen molar-refractivity contribution in [2.75, 3.05) is 41.8 Å². The predicted octanol–water partition coefficient (Wildman–Crippen LogP) is 4.47. The molecule has 5 rings (SSSR count). The number of rotatable bonds is 6. The Hall–Kier alpha value is -4.24. The lowest BCUT2D eigenvalue weighted by Crippen LogP contribution is -2.36. The number of hydrogen-bond donors (Lipinski definition) is 3. The molecule has 2 aromatic carbocycles. The van der Waals surface area contributed by atoms with E-state index in [1.165, 1.54) is 12.1 Å². The summed E-state index contributed by atoms with van der Waals surface area (Å²) in [7, 11) is 0. The zero-order chi connectivity index (χ0) is 23.5. The summed E-state index contributed by atoms with van der Waals surface area (Å²) in [4.78, 5) is 25.8. The molecular formula is C25H23FN6O2. The molecule has 1 aliphatic heterocycles. The summed E-state index contributed by atoms with van der Waals surface area (Å²) < 4.78 is 20.2. The van der Waals surface area contributed by atoms with E-state index in [1.807, 2.05) is 30.5 Å². The fraction of sp³-hybridized carbons (Fsp3) is 0.160. The largest absolute Gasteiger partial charge is 0.378 e. The highest BCUT2D eigenvalue weighted by atomic mass is 19.1. The van der Waals surface area contributed by atoms with E-state index < -0.39 is 0 Å². The van der Waals surface area contributed by atoms with Gasteiger partial charge in [0, 0.05) is 36.2 Å². The third-order valence-corrected chi connectivity index (χ3v) is 5.62. The number of aromatic amines is 1. The molecule has 1 saturated heterocycles. The lowest BCUT2D eigenvalue weighted by Gasteiger charge is -2.29. The van der Waals surface area contributed by atoms with Gasteiger partial charge < -0.3 is 25.3 Å². The fourth-order valence-electron chi connectivity index (χ4n) is 3.89. The van der Waals surface area contributed by atoms with Crippen LogP contribution in [-0.2, 0) is 9.53 Å². The Morgan fingerprint density at radius 1 is 1.21 bits per heavy atom. The average Bonchev–Trinajstić information content (AvgIpc) is 3.29. The van der Waals surface area contributed by atoms with Gasteiger partial charge in [0.05, 0.1) is 30.6 Å². The van der Waals surface area contributed by atoms with Gasteiger partial charge in [0.15, 0.2) is 0 Å². The van der Waals surface area contributed by atoms with Crippen LogP contribution in [0.3, 0.4) is 0 Å². The number of carbonyl (C=O) groups is 1. The first kappa shape index (κ1) is 21.6. The number of H-pyrrole nitrogens is 1. The van der Waals surface area contributed by atoms with Crippen molar-refractivity contribution in [3.63, 3.8) is 0 Å². The SMILES string of the molecule is C=CC(=O)Nc1cccc(-c2c[nH]c3cnc(Nc4ccc(N5CCOCC5)cc4F)nc23)c1. The molecule has 172 valence electrons. The van der Waals surface area contributed by atoms with E-state index in [4.69, 9.17) is 4.74 Å². The number of fused-ring (bicyclic) bond motifs is 1. The summed E-state index contributed by atoms with van der Waals surface area (Å²) in [5.74, 6) is -0.387. The Bertz CT molecular complexity index is 1360. The number of aromatic nitrogens is 3. The minimum absolute atomic E-state index is 0.280. The lowest BCUT2D eigenvalue weighted by molar-refractivity contribution is -0.111. The molecule has 1 fully saturated rings. The number of ether oxygens (including phenoxy) is 1. The summed E-state index contributed by atoms with van der Waals surface area (Å²) in [6.07, 6.45) is 4.70. The molecule has 0 saturated carbocycles.